The molecule has 5 rings (SSSR count). The largest absolute Gasteiger partial charge is 0.390 e. The number of nitrogens with one attached hydrogen (secondary N) is 1. The molecule has 1 aromatic rings. The molecule has 0 amide bonds. The van der Waals surface area contributed by atoms with E-state index in [4.69, 9.17) is 0 Å². The molecule has 0 aromatic heterocycles. The van der Waals surface area contributed by atoms with E-state index < -0.39 is 26.8 Å². The van der Waals surface area contributed by atoms with E-state index in [2.05, 4.69) is 4.72 Å². The lowest BCUT2D eigenvalue weighted by Gasteiger charge is -2.58. The summed E-state index contributed by atoms with van der Waals surface area (Å²) >= 11 is 0. The number of aliphatic hydroxyl groups is 2. The van der Waals surface area contributed by atoms with Crippen LogP contribution in [0.4, 0.5) is 0 Å². The number of Topliss-reactive ketones (excluding diaryl/α,β-unsaturated/α-hetero) is 1. The van der Waals surface area contributed by atoms with Gasteiger partial charge in [-0.2, -0.15) is 4.72 Å². The number of benzene rings is 1. The third-order valence-corrected chi connectivity index (χ3v) is 9.49. The van der Waals surface area contributed by atoms with Gasteiger partial charge in [0.1, 0.15) is 0 Å². The monoisotopic (exact) mass is 449 g/mol. The van der Waals surface area contributed by atoms with Crippen molar-refractivity contribution in [1.82, 2.24) is 4.72 Å². The average Bonchev–Trinajstić information content (AvgIpc) is 2.61. The van der Waals surface area contributed by atoms with Crippen molar-refractivity contribution in [3.05, 3.63) is 29.8 Å². The van der Waals surface area contributed by atoms with E-state index in [9.17, 15) is 23.4 Å². The van der Waals surface area contributed by atoms with Crippen LogP contribution in [0.5, 0.6) is 0 Å². The van der Waals surface area contributed by atoms with Gasteiger partial charge in [-0.05, 0) is 101 Å². The summed E-state index contributed by atoms with van der Waals surface area (Å²) in [4.78, 5) is 13.3. The second-order valence-corrected chi connectivity index (χ2v) is 13.0. The van der Waals surface area contributed by atoms with E-state index in [1.807, 2.05) is 0 Å². The molecule has 4 fully saturated rings. The topological polar surface area (TPSA) is 104 Å². The Morgan fingerprint density at radius 2 is 1.61 bits per heavy atom. The quantitative estimate of drug-likeness (QED) is 0.593. The van der Waals surface area contributed by atoms with Crippen molar-refractivity contribution in [2.75, 3.05) is 0 Å². The van der Waals surface area contributed by atoms with E-state index in [0.717, 1.165) is 32.1 Å². The van der Waals surface area contributed by atoms with Gasteiger partial charge in [-0.1, -0.05) is 12.1 Å². The molecule has 4 aliphatic rings. The second-order valence-electron chi connectivity index (χ2n) is 11.3. The Kier molecular flexibility index (Phi) is 5.44. The maximum absolute atomic E-state index is 13.2. The summed E-state index contributed by atoms with van der Waals surface area (Å²) in [6, 6.07) is 6.08. The van der Waals surface area contributed by atoms with E-state index in [1.54, 1.807) is 39.8 Å². The van der Waals surface area contributed by atoms with Gasteiger partial charge in [-0.25, -0.2) is 8.42 Å². The number of hydrogen-bond donors (Lipinski definition) is 3. The first-order chi connectivity index (χ1) is 14.2. The maximum atomic E-state index is 13.2. The summed E-state index contributed by atoms with van der Waals surface area (Å²) < 4.78 is 28.5. The Hall–Kier alpha value is -1.28. The number of carbonyl (C=O) groups is 1. The summed E-state index contributed by atoms with van der Waals surface area (Å²) in [5.41, 5.74) is -2.20. The predicted molar refractivity (Wildman–Crippen MR) is 118 cm³/mol. The zero-order valence-electron chi connectivity index (χ0n) is 18.9. The summed E-state index contributed by atoms with van der Waals surface area (Å²) in [7, 11) is -3.89. The summed E-state index contributed by atoms with van der Waals surface area (Å²) in [6.45, 7) is 6.53. The number of carbonyl (C=O) groups excluding carboxylic acids is 1. The van der Waals surface area contributed by atoms with E-state index in [1.165, 1.54) is 12.1 Å². The highest BCUT2D eigenvalue weighted by Gasteiger charge is 2.55. The van der Waals surface area contributed by atoms with Crippen molar-refractivity contribution in [3.63, 3.8) is 0 Å². The molecule has 3 N–H and O–H groups in total. The van der Waals surface area contributed by atoms with Gasteiger partial charge in [0.15, 0.2) is 5.78 Å². The lowest BCUT2D eigenvalue weighted by atomic mass is 9.49. The highest BCUT2D eigenvalue weighted by atomic mass is 32.2. The Balaban J connectivity index is 1.45. The number of ketones is 1. The van der Waals surface area contributed by atoms with Gasteiger partial charge in [0.05, 0.1) is 21.6 Å². The first kappa shape index (κ1) is 22.9. The van der Waals surface area contributed by atoms with Crippen LogP contribution in [0, 0.1) is 23.7 Å². The zero-order chi connectivity index (χ0) is 22.8. The van der Waals surface area contributed by atoms with Crippen molar-refractivity contribution in [2.45, 2.75) is 87.9 Å². The van der Waals surface area contributed by atoms with E-state index >= 15 is 0 Å². The molecule has 4 saturated carbocycles. The highest BCUT2D eigenvalue weighted by molar-refractivity contribution is 7.89. The van der Waals surface area contributed by atoms with Gasteiger partial charge in [-0.3, -0.25) is 4.79 Å². The van der Waals surface area contributed by atoms with Gasteiger partial charge in [-0.15, -0.1) is 0 Å². The molecule has 2 unspecified atom stereocenters. The van der Waals surface area contributed by atoms with Crippen LogP contribution in [0.25, 0.3) is 0 Å². The zero-order valence-corrected chi connectivity index (χ0v) is 19.7. The standard InChI is InChI=1S/C24H35NO5S/c1-22(2,25-31(29,30)19-7-5-18(6-8-19)23(3,4)27)21(26)11-20-16-9-15-10-17(20)14-24(28,12-15)13-16/h5-8,15-17,20,25,27-28H,9-14H2,1-4H3. The molecule has 31 heavy (non-hydrogen) atoms. The Labute approximate surface area is 185 Å². The third kappa shape index (κ3) is 4.47. The number of rotatable bonds is 7. The van der Waals surface area contributed by atoms with Crippen LogP contribution in [-0.2, 0) is 20.4 Å². The molecule has 0 radical (unpaired) electrons. The van der Waals surface area contributed by atoms with Gasteiger partial charge < -0.3 is 10.2 Å². The Bertz CT molecular complexity index is 945. The van der Waals surface area contributed by atoms with Crippen molar-refractivity contribution in [1.29, 1.82) is 0 Å². The molecule has 6 nitrogen and oxygen atoms in total. The summed E-state index contributed by atoms with van der Waals surface area (Å²) in [5, 5.41) is 20.8. The highest BCUT2D eigenvalue weighted by Crippen LogP contribution is 2.59. The molecule has 4 aliphatic carbocycles. The SMILES string of the molecule is CC(C)(NS(=O)(=O)c1ccc(C(C)(C)O)cc1)C(=O)CC1C2CC3CC1CC(O)(C3)C2. The van der Waals surface area contributed by atoms with E-state index in [-0.39, 0.29) is 16.6 Å². The van der Waals surface area contributed by atoms with Gasteiger partial charge in [0, 0.05) is 6.42 Å². The second kappa shape index (κ2) is 7.37. The van der Waals surface area contributed by atoms with Crippen LogP contribution in [0.2, 0.25) is 0 Å². The molecule has 0 saturated heterocycles. The van der Waals surface area contributed by atoms with Crippen LogP contribution in [-0.4, -0.2) is 35.6 Å². The Morgan fingerprint density at radius 1 is 1.06 bits per heavy atom. The van der Waals surface area contributed by atoms with Gasteiger partial charge in [0.2, 0.25) is 10.0 Å². The van der Waals surface area contributed by atoms with Crippen LogP contribution >= 0.6 is 0 Å². The van der Waals surface area contributed by atoms with Crippen molar-refractivity contribution >= 4 is 15.8 Å². The molecular formula is C24H35NO5S. The molecular weight excluding hydrogens is 414 g/mol. The number of hydrogen-bond acceptors (Lipinski definition) is 5. The third-order valence-electron chi connectivity index (χ3n) is 7.81. The van der Waals surface area contributed by atoms with Crippen LogP contribution < -0.4 is 4.72 Å². The molecule has 1 aromatic carbocycles. The van der Waals surface area contributed by atoms with Crippen molar-refractivity contribution < 1.29 is 23.4 Å². The first-order valence-corrected chi connectivity index (χ1v) is 12.8. The molecule has 2 atom stereocenters. The minimum atomic E-state index is -3.89. The fraction of sp³-hybridized carbons (Fsp3) is 0.708. The smallest absolute Gasteiger partial charge is 0.241 e. The fourth-order valence-corrected chi connectivity index (χ4v) is 7.78. The van der Waals surface area contributed by atoms with Crippen molar-refractivity contribution in [3.8, 4) is 0 Å². The normalized spacial score (nSPS) is 33.0. The predicted octanol–water partition coefficient (Wildman–Crippen LogP) is 3.12. The summed E-state index contributed by atoms with van der Waals surface area (Å²) in [6.07, 6.45) is 4.96. The minimum Gasteiger partial charge on any atom is -0.390 e. The molecule has 0 spiro atoms. The fourth-order valence-electron chi connectivity index (χ4n) is 6.38. The van der Waals surface area contributed by atoms with Crippen molar-refractivity contribution in [2.24, 2.45) is 23.7 Å². The number of sulfonamides is 1. The van der Waals surface area contributed by atoms with Crippen LogP contribution in [0.3, 0.4) is 0 Å². The van der Waals surface area contributed by atoms with Crippen LogP contribution in [0.15, 0.2) is 29.2 Å². The lowest BCUT2D eigenvalue weighted by Crippen LogP contribution is -2.56. The molecule has 7 heteroatoms. The molecule has 172 valence electrons. The average molecular weight is 450 g/mol. The lowest BCUT2D eigenvalue weighted by molar-refractivity contribution is -0.158. The van der Waals surface area contributed by atoms with Crippen LogP contribution in [0.1, 0.15) is 71.8 Å². The van der Waals surface area contributed by atoms with E-state index in [0.29, 0.717) is 29.7 Å². The molecule has 0 heterocycles. The molecule has 4 bridgehead atoms. The summed E-state index contributed by atoms with van der Waals surface area (Å²) in [5.74, 6) is 1.43. The minimum absolute atomic E-state index is 0.0678. The Morgan fingerprint density at radius 3 is 2.10 bits per heavy atom. The van der Waals surface area contributed by atoms with Gasteiger partial charge in [0.25, 0.3) is 0 Å². The van der Waals surface area contributed by atoms with Gasteiger partial charge >= 0.3 is 0 Å². The molecule has 0 aliphatic heterocycles. The maximum Gasteiger partial charge on any atom is 0.241 e. The first-order valence-electron chi connectivity index (χ1n) is 11.3.